The Morgan fingerprint density at radius 1 is 1.43 bits per heavy atom. The topological polar surface area (TPSA) is 25.4 Å². The number of hydrogen-bond donors (Lipinski definition) is 0. The Hall–Kier alpha value is -1.53. The summed E-state index contributed by atoms with van der Waals surface area (Å²) in [5.74, 6) is -1.27. The lowest BCUT2D eigenvalue weighted by atomic mass is 10.1. The van der Waals surface area contributed by atoms with E-state index in [0.29, 0.717) is 12.3 Å². The van der Waals surface area contributed by atoms with Crippen molar-refractivity contribution < 1.29 is 13.5 Å². The Bertz CT molecular complexity index is 618. The molecule has 1 atom stereocenters. The van der Waals surface area contributed by atoms with Crippen LogP contribution in [0.15, 0.2) is 23.7 Å². The summed E-state index contributed by atoms with van der Waals surface area (Å²) in [4.78, 5) is 6.49. The monoisotopic (exact) mass is 310 g/mol. The first-order valence-electron chi connectivity index (χ1n) is 6.85. The van der Waals surface area contributed by atoms with Gasteiger partial charge in [-0.3, -0.25) is 4.90 Å². The van der Waals surface area contributed by atoms with E-state index in [1.807, 2.05) is 5.38 Å². The minimum absolute atomic E-state index is 0.178. The van der Waals surface area contributed by atoms with E-state index in [0.717, 1.165) is 30.5 Å². The fourth-order valence-electron chi connectivity index (χ4n) is 2.81. The molecule has 3 rings (SSSR count). The van der Waals surface area contributed by atoms with Gasteiger partial charge in [-0.2, -0.15) is 0 Å². The van der Waals surface area contributed by atoms with Crippen molar-refractivity contribution in [3.8, 4) is 5.75 Å². The van der Waals surface area contributed by atoms with Crippen molar-refractivity contribution in [1.29, 1.82) is 0 Å². The largest absolute Gasteiger partial charge is 0.496 e. The van der Waals surface area contributed by atoms with Gasteiger partial charge in [-0.05, 0) is 31.5 Å². The maximum atomic E-state index is 14.1. The van der Waals surface area contributed by atoms with E-state index < -0.39 is 11.6 Å². The van der Waals surface area contributed by atoms with Gasteiger partial charge in [0, 0.05) is 23.7 Å². The first-order chi connectivity index (χ1) is 10.2. The second-order valence-corrected chi connectivity index (χ2v) is 5.97. The molecular weight excluding hydrogens is 294 g/mol. The second kappa shape index (κ2) is 6.07. The van der Waals surface area contributed by atoms with Crippen LogP contribution in [0.4, 0.5) is 8.78 Å². The van der Waals surface area contributed by atoms with Crippen LogP contribution in [-0.4, -0.2) is 23.5 Å². The Kier molecular flexibility index (Phi) is 4.17. The lowest BCUT2D eigenvalue weighted by Crippen LogP contribution is -2.23. The maximum absolute atomic E-state index is 14.1. The number of methoxy groups -OCH3 is 1. The molecule has 0 aliphatic carbocycles. The van der Waals surface area contributed by atoms with Crippen LogP contribution in [-0.2, 0) is 6.54 Å². The Labute approximate surface area is 126 Å². The molecular formula is C15H16F2N2OS. The first-order valence-corrected chi connectivity index (χ1v) is 7.73. The van der Waals surface area contributed by atoms with Gasteiger partial charge in [-0.15, -0.1) is 11.3 Å². The Morgan fingerprint density at radius 3 is 3.00 bits per heavy atom. The smallest absolute Gasteiger partial charge is 0.167 e. The molecule has 21 heavy (non-hydrogen) atoms. The van der Waals surface area contributed by atoms with Gasteiger partial charge in [-0.25, -0.2) is 13.8 Å². The molecule has 0 saturated carbocycles. The summed E-state index contributed by atoms with van der Waals surface area (Å²) in [6.07, 6.45) is 3.80. The van der Waals surface area contributed by atoms with Crippen molar-refractivity contribution >= 4 is 11.3 Å². The van der Waals surface area contributed by atoms with Crippen LogP contribution in [0.2, 0.25) is 0 Å². The second-order valence-electron chi connectivity index (χ2n) is 5.04. The highest BCUT2D eigenvalue weighted by Crippen LogP contribution is 2.36. The van der Waals surface area contributed by atoms with Gasteiger partial charge in [0.15, 0.2) is 11.6 Å². The van der Waals surface area contributed by atoms with Crippen molar-refractivity contribution in [2.45, 2.75) is 25.4 Å². The quantitative estimate of drug-likeness (QED) is 0.859. The van der Waals surface area contributed by atoms with E-state index in [4.69, 9.17) is 4.74 Å². The fourth-order valence-corrected chi connectivity index (χ4v) is 3.62. The zero-order chi connectivity index (χ0) is 14.8. The number of rotatable bonds is 4. The molecule has 0 radical (unpaired) electrons. The third kappa shape index (κ3) is 2.78. The van der Waals surface area contributed by atoms with Crippen molar-refractivity contribution in [2.75, 3.05) is 13.7 Å². The van der Waals surface area contributed by atoms with Crippen LogP contribution < -0.4 is 4.74 Å². The number of hydrogen-bond acceptors (Lipinski definition) is 4. The highest BCUT2D eigenvalue weighted by atomic mass is 32.1. The fraction of sp³-hybridized carbons (Fsp3) is 0.400. The highest BCUT2D eigenvalue weighted by molar-refractivity contribution is 7.09. The maximum Gasteiger partial charge on any atom is 0.167 e. The van der Waals surface area contributed by atoms with Crippen molar-refractivity contribution in [3.63, 3.8) is 0 Å². The van der Waals surface area contributed by atoms with Crippen molar-refractivity contribution in [1.82, 2.24) is 9.88 Å². The number of halogens is 2. The summed E-state index contributed by atoms with van der Waals surface area (Å²) in [5, 5.41) is 2.97. The highest BCUT2D eigenvalue weighted by Gasteiger charge is 2.29. The molecule has 1 saturated heterocycles. The van der Waals surface area contributed by atoms with Gasteiger partial charge < -0.3 is 4.74 Å². The molecule has 1 aromatic carbocycles. The van der Waals surface area contributed by atoms with E-state index in [-0.39, 0.29) is 11.6 Å². The first kappa shape index (κ1) is 14.4. The van der Waals surface area contributed by atoms with Crippen LogP contribution in [0.5, 0.6) is 5.75 Å². The molecule has 6 heteroatoms. The van der Waals surface area contributed by atoms with Crippen LogP contribution in [0.25, 0.3) is 0 Å². The normalized spacial score (nSPS) is 19.1. The molecule has 0 spiro atoms. The predicted octanol–water partition coefficient (Wildman–Crippen LogP) is 3.77. The van der Waals surface area contributed by atoms with Crippen molar-refractivity contribution in [2.24, 2.45) is 0 Å². The zero-order valence-corrected chi connectivity index (χ0v) is 12.5. The molecule has 2 heterocycles. The summed E-state index contributed by atoms with van der Waals surface area (Å²) in [7, 11) is 1.47. The predicted molar refractivity (Wildman–Crippen MR) is 77.4 cm³/mol. The van der Waals surface area contributed by atoms with Gasteiger partial charge in [0.2, 0.25) is 0 Å². The number of thiazole rings is 1. The minimum Gasteiger partial charge on any atom is -0.496 e. The molecule has 0 bridgehead atoms. The molecule has 0 N–H and O–H groups in total. The SMILES string of the molecule is COc1ccc(F)c(F)c1CN1CCC[C@H]1c1nccs1. The van der Waals surface area contributed by atoms with Crippen LogP contribution in [0.3, 0.4) is 0 Å². The van der Waals surface area contributed by atoms with Gasteiger partial charge in [0.05, 0.1) is 13.2 Å². The Balaban J connectivity index is 1.88. The third-order valence-corrected chi connectivity index (χ3v) is 4.71. The van der Waals surface area contributed by atoms with Crippen LogP contribution >= 0.6 is 11.3 Å². The lowest BCUT2D eigenvalue weighted by molar-refractivity contribution is 0.239. The standard InChI is InChI=1S/C15H16F2N2OS/c1-20-13-5-4-11(16)14(17)10(13)9-19-7-2-3-12(19)15-18-6-8-21-15/h4-6,8,12H,2-3,7,9H2,1H3/t12-/m0/s1. The van der Waals surface area contributed by atoms with Crippen LogP contribution in [0, 0.1) is 11.6 Å². The molecule has 1 aromatic heterocycles. The molecule has 0 amide bonds. The van der Waals surface area contributed by atoms with Crippen LogP contribution in [0.1, 0.15) is 29.5 Å². The van der Waals surface area contributed by atoms with E-state index in [1.54, 1.807) is 17.5 Å². The molecule has 2 aromatic rings. The van der Waals surface area contributed by atoms with Gasteiger partial charge in [0.1, 0.15) is 10.8 Å². The third-order valence-electron chi connectivity index (χ3n) is 3.83. The van der Waals surface area contributed by atoms with Crippen molar-refractivity contribution in [3.05, 3.63) is 45.9 Å². The molecule has 112 valence electrons. The average Bonchev–Trinajstić information content (AvgIpc) is 3.15. The summed E-state index contributed by atoms with van der Waals surface area (Å²) in [6, 6.07) is 2.75. The summed E-state index contributed by atoms with van der Waals surface area (Å²) in [6.45, 7) is 1.18. The summed E-state index contributed by atoms with van der Waals surface area (Å²) < 4.78 is 32.7. The van der Waals surface area contributed by atoms with E-state index >= 15 is 0 Å². The number of ether oxygens (including phenoxy) is 1. The number of likely N-dealkylation sites (tertiary alicyclic amines) is 1. The van der Waals surface area contributed by atoms with Gasteiger partial charge in [-0.1, -0.05) is 0 Å². The number of nitrogens with zero attached hydrogens (tertiary/aromatic N) is 2. The number of benzene rings is 1. The minimum atomic E-state index is -0.837. The average molecular weight is 310 g/mol. The summed E-state index contributed by atoms with van der Waals surface area (Å²) >= 11 is 1.60. The number of aromatic nitrogens is 1. The Morgan fingerprint density at radius 2 is 2.29 bits per heavy atom. The molecule has 1 aliphatic rings. The van der Waals surface area contributed by atoms with E-state index in [2.05, 4.69) is 9.88 Å². The van der Waals surface area contributed by atoms with Gasteiger partial charge >= 0.3 is 0 Å². The molecule has 1 aliphatic heterocycles. The lowest BCUT2D eigenvalue weighted by Gasteiger charge is -2.24. The molecule has 3 nitrogen and oxygen atoms in total. The molecule has 1 fully saturated rings. The zero-order valence-electron chi connectivity index (χ0n) is 11.7. The van der Waals surface area contributed by atoms with E-state index in [1.165, 1.54) is 13.2 Å². The van der Waals surface area contributed by atoms with E-state index in [9.17, 15) is 8.78 Å². The van der Waals surface area contributed by atoms with Gasteiger partial charge in [0.25, 0.3) is 0 Å². The summed E-state index contributed by atoms with van der Waals surface area (Å²) in [5.41, 5.74) is 0.279. The molecule has 0 unspecified atom stereocenters.